The lowest BCUT2D eigenvalue weighted by atomic mass is 10.0. The molecule has 0 saturated carbocycles. The lowest BCUT2D eigenvalue weighted by molar-refractivity contribution is 0.416. The van der Waals surface area contributed by atoms with Crippen molar-refractivity contribution < 1.29 is 4.74 Å². The van der Waals surface area contributed by atoms with E-state index in [9.17, 15) is 0 Å². The van der Waals surface area contributed by atoms with Crippen LogP contribution in [-0.2, 0) is 0 Å². The molecular formula is C20H21N5OS. The second-order valence-electron chi connectivity index (χ2n) is 6.55. The molecule has 0 unspecified atom stereocenters. The van der Waals surface area contributed by atoms with Gasteiger partial charge in [0.25, 0.3) is 0 Å². The maximum absolute atomic E-state index is 5.49. The number of anilines is 1. The van der Waals surface area contributed by atoms with Crippen molar-refractivity contribution in [1.29, 1.82) is 0 Å². The Hall–Kier alpha value is -2.80. The first-order valence-corrected chi connectivity index (χ1v) is 9.65. The number of hydrogen-bond acceptors (Lipinski definition) is 6. The molecule has 6 nitrogen and oxygen atoms in total. The van der Waals surface area contributed by atoms with Gasteiger partial charge in [-0.25, -0.2) is 0 Å². The molecule has 7 heteroatoms. The van der Waals surface area contributed by atoms with Gasteiger partial charge in [-0.3, -0.25) is 0 Å². The normalized spacial score (nSPS) is 13.1. The van der Waals surface area contributed by atoms with Crippen molar-refractivity contribution >= 4 is 23.2 Å². The largest absolute Gasteiger partial charge is 0.496 e. The summed E-state index contributed by atoms with van der Waals surface area (Å²) in [6.45, 7) is 2.12. The van der Waals surface area contributed by atoms with Crippen LogP contribution in [0.25, 0.3) is 11.4 Å². The summed E-state index contributed by atoms with van der Waals surface area (Å²) < 4.78 is 7.31. The van der Waals surface area contributed by atoms with E-state index in [1.54, 1.807) is 18.9 Å². The number of methoxy groups -OCH3 is 1. The number of fused-ring (bicyclic) bond motifs is 1. The summed E-state index contributed by atoms with van der Waals surface area (Å²) in [7, 11) is 5.75. The van der Waals surface area contributed by atoms with Gasteiger partial charge >= 0.3 is 0 Å². The monoisotopic (exact) mass is 379 g/mol. The number of nitrogens with zero attached hydrogens (tertiary/aromatic N) is 5. The maximum atomic E-state index is 5.49. The van der Waals surface area contributed by atoms with Crippen molar-refractivity contribution in [3.63, 3.8) is 0 Å². The van der Waals surface area contributed by atoms with Gasteiger partial charge < -0.3 is 9.64 Å². The molecule has 2 aromatic carbocycles. The van der Waals surface area contributed by atoms with Gasteiger partial charge in [0.1, 0.15) is 5.75 Å². The third-order valence-corrected chi connectivity index (χ3v) is 5.49. The minimum atomic E-state index is 0.690. The minimum absolute atomic E-state index is 0.690. The van der Waals surface area contributed by atoms with E-state index >= 15 is 0 Å². The number of rotatable bonds is 4. The van der Waals surface area contributed by atoms with E-state index in [1.807, 2.05) is 43.0 Å². The number of para-hydroxylation sites is 1. The van der Waals surface area contributed by atoms with Crippen molar-refractivity contribution in [1.82, 2.24) is 14.9 Å². The molecule has 0 radical (unpaired) electrons. The second-order valence-corrected chi connectivity index (χ2v) is 7.49. The van der Waals surface area contributed by atoms with Crippen molar-refractivity contribution in [3.8, 4) is 17.1 Å². The molecule has 1 aromatic heterocycles. The number of ether oxygens (including phenoxy) is 1. The first-order chi connectivity index (χ1) is 13.1. The fourth-order valence-corrected chi connectivity index (χ4v) is 3.93. The Kier molecular flexibility index (Phi) is 4.61. The smallest absolute Gasteiger partial charge is 0.212 e. The molecule has 3 aromatic rings. The van der Waals surface area contributed by atoms with Gasteiger partial charge in [0, 0.05) is 31.1 Å². The molecular weight excluding hydrogens is 358 g/mol. The van der Waals surface area contributed by atoms with E-state index in [-0.39, 0.29) is 0 Å². The predicted molar refractivity (Wildman–Crippen MR) is 110 cm³/mol. The van der Waals surface area contributed by atoms with Crippen LogP contribution in [0.2, 0.25) is 0 Å². The third-order valence-electron chi connectivity index (χ3n) is 4.56. The van der Waals surface area contributed by atoms with Crippen LogP contribution in [0.3, 0.4) is 0 Å². The lowest BCUT2D eigenvalue weighted by Gasteiger charge is -2.18. The van der Waals surface area contributed by atoms with Crippen LogP contribution in [0.5, 0.6) is 5.75 Å². The first-order valence-electron chi connectivity index (χ1n) is 8.66. The third kappa shape index (κ3) is 3.19. The Bertz CT molecular complexity index is 1020. The molecule has 0 bridgehead atoms. The molecule has 27 heavy (non-hydrogen) atoms. The molecule has 0 atom stereocenters. The van der Waals surface area contributed by atoms with E-state index < -0.39 is 0 Å². The second kappa shape index (κ2) is 7.08. The van der Waals surface area contributed by atoms with Crippen LogP contribution in [0.15, 0.2) is 52.7 Å². The zero-order chi connectivity index (χ0) is 19.0. The van der Waals surface area contributed by atoms with E-state index in [0.717, 1.165) is 33.5 Å². The SMILES string of the molecule is COc1ccccc1-c1nnc2n1N=C(c1ccc(N(C)C)cc1C)CS2. The van der Waals surface area contributed by atoms with Crippen LogP contribution >= 0.6 is 11.8 Å². The van der Waals surface area contributed by atoms with Crippen LogP contribution in [0.4, 0.5) is 5.69 Å². The summed E-state index contributed by atoms with van der Waals surface area (Å²) in [5.74, 6) is 2.22. The standard InChI is InChI=1S/C20H21N5OS/c1-13-11-14(24(2)3)9-10-15(13)17-12-27-20-22-21-19(25(20)23-17)16-7-5-6-8-18(16)26-4/h5-11H,12H2,1-4H3. The number of benzene rings is 2. The maximum Gasteiger partial charge on any atom is 0.212 e. The topological polar surface area (TPSA) is 55.5 Å². The Morgan fingerprint density at radius 2 is 1.89 bits per heavy atom. The molecule has 138 valence electrons. The van der Waals surface area contributed by atoms with Gasteiger partial charge in [0.05, 0.1) is 18.4 Å². The number of hydrogen-bond donors (Lipinski definition) is 0. The lowest BCUT2D eigenvalue weighted by Crippen LogP contribution is -2.16. The van der Waals surface area contributed by atoms with Crippen molar-refractivity contribution in [2.24, 2.45) is 5.10 Å². The number of aromatic nitrogens is 3. The average molecular weight is 379 g/mol. The van der Waals surface area contributed by atoms with E-state index in [1.165, 1.54) is 11.3 Å². The van der Waals surface area contributed by atoms with Crippen molar-refractivity contribution in [3.05, 3.63) is 53.6 Å². The summed E-state index contributed by atoms with van der Waals surface area (Å²) in [5.41, 5.74) is 5.43. The number of aryl methyl sites for hydroxylation is 1. The van der Waals surface area contributed by atoms with E-state index in [2.05, 4.69) is 40.2 Å². The quantitative estimate of drug-likeness (QED) is 0.692. The van der Waals surface area contributed by atoms with E-state index in [0.29, 0.717) is 5.82 Å². The minimum Gasteiger partial charge on any atom is -0.496 e. The predicted octanol–water partition coefficient (Wildman–Crippen LogP) is 3.69. The molecule has 0 aliphatic carbocycles. The molecule has 1 aliphatic rings. The highest BCUT2D eigenvalue weighted by Gasteiger charge is 2.23. The van der Waals surface area contributed by atoms with Crippen LogP contribution in [0.1, 0.15) is 11.1 Å². The van der Waals surface area contributed by atoms with Gasteiger partial charge in [-0.15, -0.1) is 10.2 Å². The molecule has 2 heterocycles. The van der Waals surface area contributed by atoms with Gasteiger partial charge in [-0.1, -0.05) is 30.0 Å². The molecule has 4 rings (SSSR count). The summed E-state index contributed by atoms with van der Waals surface area (Å²) in [5, 5.41) is 14.3. The molecule has 0 fully saturated rings. The molecule has 0 amide bonds. The van der Waals surface area contributed by atoms with Gasteiger partial charge in [0.2, 0.25) is 5.16 Å². The zero-order valence-corrected chi connectivity index (χ0v) is 16.6. The van der Waals surface area contributed by atoms with Crippen LogP contribution in [-0.4, -0.2) is 47.5 Å². The highest BCUT2D eigenvalue weighted by Crippen LogP contribution is 2.33. The fraction of sp³-hybridized carbons (Fsp3) is 0.250. The molecule has 0 spiro atoms. The highest BCUT2D eigenvalue weighted by atomic mass is 32.2. The van der Waals surface area contributed by atoms with Gasteiger partial charge in [-0.2, -0.15) is 9.78 Å². The Morgan fingerprint density at radius 1 is 1.07 bits per heavy atom. The van der Waals surface area contributed by atoms with Crippen LogP contribution < -0.4 is 9.64 Å². The summed E-state index contributed by atoms with van der Waals surface area (Å²) in [4.78, 5) is 2.10. The molecule has 1 aliphatic heterocycles. The molecule has 0 N–H and O–H groups in total. The Balaban J connectivity index is 1.79. The summed E-state index contributed by atoms with van der Waals surface area (Å²) >= 11 is 1.65. The Labute approximate surface area is 162 Å². The highest BCUT2D eigenvalue weighted by molar-refractivity contribution is 7.99. The zero-order valence-electron chi connectivity index (χ0n) is 15.8. The van der Waals surface area contributed by atoms with Crippen LogP contribution in [0, 0.1) is 6.92 Å². The average Bonchev–Trinajstić information content (AvgIpc) is 3.10. The van der Waals surface area contributed by atoms with Crippen molar-refractivity contribution in [2.75, 3.05) is 31.9 Å². The van der Waals surface area contributed by atoms with Crippen molar-refractivity contribution in [2.45, 2.75) is 12.1 Å². The Morgan fingerprint density at radius 3 is 2.63 bits per heavy atom. The first kappa shape index (κ1) is 17.6. The van der Waals surface area contributed by atoms with Gasteiger partial charge in [-0.05, 0) is 36.8 Å². The molecule has 0 saturated heterocycles. The van der Waals surface area contributed by atoms with Gasteiger partial charge in [0.15, 0.2) is 5.82 Å². The fourth-order valence-electron chi connectivity index (χ4n) is 3.11. The van der Waals surface area contributed by atoms with E-state index in [4.69, 9.17) is 9.84 Å². The number of thioether (sulfide) groups is 1. The summed E-state index contributed by atoms with van der Waals surface area (Å²) in [6, 6.07) is 14.2. The summed E-state index contributed by atoms with van der Waals surface area (Å²) in [6.07, 6.45) is 0.